The molecule has 0 spiro atoms. The van der Waals surface area contributed by atoms with Crippen LogP contribution in [0, 0.1) is 0 Å². The van der Waals surface area contributed by atoms with Gasteiger partial charge in [-0.1, -0.05) is 70.0 Å². The number of halogens is 2. The summed E-state index contributed by atoms with van der Waals surface area (Å²) in [6, 6.07) is 17.8. The molecule has 4 heteroatoms. The van der Waals surface area contributed by atoms with E-state index in [1.54, 1.807) is 0 Å². The molecule has 1 atom stereocenters. The molecule has 2 nitrogen and oxygen atoms in total. The molecule has 0 amide bonds. The number of nitrogens with zero attached hydrogens (tertiary/aromatic N) is 2. The fourth-order valence-corrected chi connectivity index (χ4v) is 2.95. The Balaban J connectivity index is 2.07. The van der Waals surface area contributed by atoms with Crippen LogP contribution in [0.3, 0.4) is 0 Å². The summed E-state index contributed by atoms with van der Waals surface area (Å²) >= 11 is 9.60. The molecule has 1 aliphatic heterocycles. The van der Waals surface area contributed by atoms with E-state index in [2.05, 4.69) is 45.2 Å². The zero-order valence-corrected chi connectivity index (χ0v) is 13.2. The first-order valence-electron chi connectivity index (χ1n) is 6.26. The lowest BCUT2D eigenvalue weighted by molar-refractivity contribution is 0.614. The van der Waals surface area contributed by atoms with Gasteiger partial charge >= 0.3 is 0 Å². The lowest BCUT2D eigenvalue weighted by Gasteiger charge is -2.20. The molecule has 3 rings (SSSR count). The van der Waals surface area contributed by atoms with Crippen LogP contribution < -0.4 is 0 Å². The van der Waals surface area contributed by atoms with Gasteiger partial charge in [0, 0.05) is 10.6 Å². The number of rotatable bonds is 2. The Morgan fingerprint density at radius 1 is 1.00 bits per heavy atom. The van der Waals surface area contributed by atoms with Crippen molar-refractivity contribution in [3.8, 4) is 0 Å². The number of azo groups is 1. The third kappa shape index (κ3) is 2.21. The van der Waals surface area contributed by atoms with Crippen LogP contribution in [-0.2, 0) is 5.54 Å². The molecule has 2 aromatic carbocycles. The maximum Gasteiger partial charge on any atom is 0.138 e. The minimum Gasteiger partial charge on any atom is -0.172 e. The Morgan fingerprint density at radius 2 is 1.65 bits per heavy atom. The summed E-state index contributed by atoms with van der Waals surface area (Å²) in [6.07, 6.45) is 0. The van der Waals surface area contributed by atoms with Crippen LogP contribution in [0.5, 0.6) is 0 Å². The highest BCUT2D eigenvalue weighted by Crippen LogP contribution is 2.47. The van der Waals surface area contributed by atoms with Crippen LogP contribution in [0.25, 0.3) is 5.70 Å². The molecule has 20 heavy (non-hydrogen) atoms. The van der Waals surface area contributed by atoms with Crippen LogP contribution in [0.15, 0.2) is 69.3 Å². The molecule has 0 aliphatic carbocycles. The zero-order chi connectivity index (χ0) is 14.2. The Hall–Kier alpha value is -1.45. The van der Waals surface area contributed by atoms with Crippen molar-refractivity contribution in [3.05, 3.63) is 75.2 Å². The summed E-state index contributed by atoms with van der Waals surface area (Å²) in [7, 11) is 0. The first-order valence-corrected chi connectivity index (χ1v) is 7.43. The van der Waals surface area contributed by atoms with E-state index in [1.165, 1.54) is 0 Å². The monoisotopic (exact) mass is 346 g/mol. The highest BCUT2D eigenvalue weighted by Gasteiger charge is 2.36. The summed E-state index contributed by atoms with van der Waals surface area (Å²) in [6.45, 7) is 2.05. The van der Waals surface area contributed by atoms with E-state index in [0.29, 0.717) is 5.02 Å². The normalized spacial score (nSPS) is 21.6. The standard InChI is InChI=1S/C16H12BrClN2/c1-16(12-5-3-2-4-6-12)15(17)14(19-20-16)11-7-9-13(18)10-8-11/h2-10H,1H3. The quantitative estimate of drug-likeness (QED) is 0.657. The van der Waals surface area contributed by atoms with Crippen molar-refractivity contribution in [3.63, 3.8) is 0 Å². The second-order valence-electron chi connectivity index (χ2n) is 4.81. The topological polar surface area (TPSA) is 24.7 Å². The van der Waals surface area contributed by atoms with E-state index >= 15 is 0 Å². The van der Waals surface area contributed by atoms with Gasteiger partial charge in [-0.3, -0.25) is 0 Å². The SMILES string of the molecule is CC1(c2ccccc2)N=NC(c2ccc(Cl)cc2)=C1Br. The van der Waals surface area contributed by atoms with E-state index in [4.69, 9.17) is 11.6 Å². The van der Waals surface area contributed by atoms with Gasteiger partial charge in [0.15, 0.2) is 0 Å². The number of benzene rings is 2. The van der Waals surface area contributed by atoms with Crippen molar-refractivity contribution in [2.45, 2.75) is 12.5 Å². The van der Waals surface area contributed by atoms with Crippen molar-refractivity contribution in [1.82, 2.24) is 0 Å². The smallest absolute Gasteiger partial charge is 0.138 e. The predicted octanol–water partition coefficient (Wildman–Crippen LogP) is 5.78. The molecule has 1 aliphatic rings. The van der Waals surface area contributed by atoms with Gasteiger partial charge < -0.3 is 0 Å². The molecular formula is C16H12BrClN2. The van der Waals surface area contributed by atoms with Crippen LogP contribution >= 0.6 is 27.5 Å². The van der Waals surface area contributed by atoms with E-state index < -0.39 is 5.54 Å². The predicted molar refractivity (Wildman–Crippen MR) is 85.9 cm³/mol. The van der Waals surface area contributed by atoms with E-state index in [-0.39, 0.29) is 0 Å². The van der Waals surface area contributed by atoms with Gasteiger partial charge in [-0.25, -0.2) is 0 Å². The van der Waals surface area contributed by atoms with Gasteiger partial charge in [0.1, 0.15) is 11.2 Å². The van der Waals surface area contributed by atoms with E-state index in [9.17, 15) is 0 Å². The Kier molecular flexibility index (Phi) is 3.48. The molecule has 1 unspecified atom stereocenters. The first kappa shape index (κ1) is 13.5. The molecule has 0 aromatic heterocycles. The van der Waals surface area contributed by atoms with Crippen molar-refractivity contribution < 1.29 is 0 Å². The molecule has 0 saturated heterocycles. The fraction of sp³-hybridized carbons (Fsp3) is 0.125. The van der Waals surface area contributed by atoms with E-state index in [1.807, 2.05) is 42.5 Å². The molecular weight excluding hydrogens is 336 g/mol. The van der Waals surface area contributed by atoms with Gasteiger partial charge in [-0.15, -0.1) is 0 Å². The van der Waals surface area contributed by atoms with Gasteiger partial charge in [-0.2, -0.15) is 10.2 Å². The minimum absolute atomic E-state index is 0.462. The molecule has 0 bridgehead atoms. The summed E-state index contributed by atoms with van der Waals surface area (Å²) < 4.78 is 0.971. The van der Waals surface area contributed by atoms with Gasteiger partial charge in [0.2, 0.25) is 0 Å². The molecule has 1 heterocycles. The van der Waals surface area contributed by atoms with Gasteiger partial charge in [0.05, 0.1) is 4.48 Å². The van der Waals surface area contributed by atoms with Crippen molar-refractivity contribution in [2.75, 3.05) is 0 Å². The van der Waals surface area contributed by atoms with Crippen LogP contribution in [0.1, 0.15) is 18.1 Å². The number of hydrogen-bond donors (Lipinski definition) is 0. The maximum absolute atomic E-state index is 5.92. The largest absolute Gasteiger partial charge is 0.172 e. The van der Waals surface area contributed by atoms with E-state index in [0.717, 1.165) is 21.3 Å². The minimum atomic E-state index is -0.462. The summed E-state index contributed by atoms with van der Waals surface area (Å²) in [5.74, 6) is 0. The summed E-state index contributed by atoms with van der Waals surface area (Å²) in [5.41, 5.74) is 2.51. The van der Waals surface area contributed by atoms with Crippen LogP contribution in [0.2, 0.25) is 5.02 Å². The summed E-state index contributed by atoms with van der Waals surface area (Å²) in [4.78, 5) is 0. The van der Waals surface area contributed by atoms with Crippen LogP contribution in [-0.4, -0.2) is 0 Å². The number of hydrogen-bond acceptors (Lipinski definition) is 2. The highest BCUT2D eigenvalue weighted by molar-refractivity contribution is 9.12. The van der Waals surface area contributed by atoms with Crippen molar-refractivity contribution in [2.24, 2.45) is 10.2 Å². The first-order chi connectivity index (χ1) is 9.61. The third-order valence-corrected chi connectivity index (χ3v) is 4.84. The maximum atomic E-state index is 5.92. The van der Waals surface area contributed by atoms with Gasteiger partial charge in [-0.05, 0) is 24.6 Å². The fourth-order valence-electron chi connectivity index (χ4n) is 2.21. The molecule has 0 radical (unpaired) electrons. The Bertz CT molecular complexity index is 692. The molecule has 0 N–H and O–H groups in total. The lowest BCUT2D eigenvalue weighted by Crippen LogP contribution is -2.16. The van der Waals surface area contributed by atoms with Crippen molar-refractivity contribution in [1.29, 1.82) is 0 Å². The third-order valence-electron chi connectivity index (χ3n) is 3.44. The molecule has 2 aromatic rings. The Labute approximate surface area is 131 Å². The molecule has 0 fully saturated rings. The highest BCUT2D eigenvalue weighted by atomic mass is 79.9. The molecule has 0 saturated carbocycles. The Morgan fingerprint density at radius 3 is 2.30 bits per heavy atom. The van der Waals surface area contributed by atoms with Crippen molar-refractivity contribution >= 4 is 33.2 Å². The second-order valence-corrected chi connectivity index (χ2v) is 6.04. The lowest BCUT2D eigenvalue weighted by atomic mass is 9.92. The van der Waals surface area contributed by atoms with Crippen LogP contribution in [0.4, 0.5) is 0 Å². The average Bonchev–Trinajstić information content (AvgIpc) is 2.79. The van der Waals surface area contributed by atoms with Gasteiger partial charge in [0.25, 0.3) is 0 Å². The zero-order valence-electron chi connectivity index (χ0n) is 10.8. The summed E-state index contributed by atoms with van der Waals surface area (Å²) in [5, 5.41) is 9.55. The molecule has 100 valence electrons. The average molecular weight is 348 g/mol. The second kappa shape index (κ2) is 5.15.